The number of hydrogen-bond donors (Lipinski definition) is 0. The third kappa shape index (κ3) is 4.38. The van der Waals surface area contributed by atoms with Crippen LogP contribution in [0, 0.1) is 0 Å². The molecule has 2 heteroatoms. The topological polar surface area (TPSA) is 17.8 Å². The maximum absolute atomic E-state index is 4.51. The summed E-state index contributed by atoms with van der Waals surface area (Å²) in [6, 6.07) is 61.9. The predicted molar refractivity (Wildman–Crippen MR) is 207 cm³/mol. The van der Waals surface area contributed by atoms with Crippen LogP contribution in [0.15, 0.2) is 182 Å². The van der Waals surface area contributed by atoms with E-state index in [9.17, 15) is 0 Å². The zero-order valence-corrected chi connectivity index (χ0v) is 26.7. The van der Waals surface area contributed by atoms with E-state index in [0.717, 1.165) is 11.2 Å². The number of para-hydroxylation sites is 1. The number of rotatable bonds is 4. The lowest BCUT2D eigenvalue weighted by atomic mass is 9.85. The second kappa shape index (κ2) is 11.0. The first-order valence-corrected chi connectivity index (χ1v) is 16.8. The van der Waals surface area contributed by atoms with Gasteiger partial charge in [0.25, 0.3) is 0 Å². The van der Waals surface area contributed by atoms with Crippen molar-refractivity contribution in [3.8, 4) is 39.1 Å². The Morgan fingerprint density at radius 3 is 1.67 bits per heavy atom. The van der Waals surface area contributed by atoms with Gasteiger partial charge >= 0.3 is 0 Å². The lowest BCUT2D eigenvalue weighted by molar-refractivity contribution is 1.17. The fourth-order valence-electron chi connectivity index (χ4n) is 7.85. The van der Waals surface area contributed by atoms with Crippen molar-refractivity contribution in [3.63, 3.8) is 0 Å². The summed E-state index contributed by atoms with van der Waals surface area (Å²) in [5, 5.41) is 9.94. The second-order valence-electron chi connectivity index (χ2n) is 12.8. The van der Waals surface area contributed by atoms with Gasteiger partial charge < -0.3 is 4.57 Å². The van der Waals surface area contributed by atoms with Crippen LogP contribution in [0.1, 0.15) is 0 Å². The van der Waals surface area contributed by atoms with Gasteiger partial charge in [0.2, 0.25) is 0 Å². The standard InChI is InChI=1S/C47H30N2/c1-2-15-37(16-3-1)49-44-24-23-36(29-43(44)38-25-26-48-30-45(38)49)47-41-19-8-6-17-39(41)46(40-18-7-9-20-42(40)47)35-14-10-13-33(28-35)34-22-21-31-11-4-5-12-32(31)27-34/h1-30H. The number of pyridine rings is 1. The van der Waals surface area contributed by atoms with Crippen LogP contribution in [0.3, 0.4) is 0 Å². The average Bonchev–Trinajstić information content (AvgIpc) is 3.51. The molecular formula is C47H30N2. The Bertz CT molecular complexity index is 2820. The monoisotopic (exact) mass is 622 g/mol. The molecular weight excluding hydrogens is 593 g/mol. The quantitative estimate of drug-likeness (QED) is 0.179. The van der Waals surface area contributed by atoms with Crippen LogP contribution < -0.4 is 0 Å². The molecule has 10 rings (SSSR count). The minimum atomic E-state index is 1.11. The van der Waals surface area contributed by atoms with Gasteiger partial charge in [-0.1, -0.05) is 127 Å². The molecule has 0 aliphatic heterocycles. The molecule has 0 radical (unpaired) electrons. The van der Waals surface area contributed by atoms with Crippen molar-refractivity contribution in [1.29, 1.82) is 0 Å². The summed E-state index contributed by atoms with van der Waals surface area (Å²) in [4.78, 5) is 4.51. The van der Waals surface area contributed by atoms with Gasteiger partial charge in [-0.15, -0.1) is 0 Å². The Labute approximate surface area is 284 Å². The fraction of sp³-hybridized carbons (Fsp3) is 0. The van der Waals surface area contributed by atoms with Crippen molar-refractivity contribution < 1.29 is 0 Å². The average molecular weight is 623 g/mol. The number of nitrogens with zero attached hydrogens (tertiary/aromatic N) is 2. The predicted octanol–water partition coefficient (Wildman–Crippen LogP) is 12.6. The highest BCUT2D eigenvalue weighted by atomic mass is 15.0. The first kappa shape index (κ1) is 27.6. The highest BCUT2D eigenvalue weighted by molar-refractivity contribution is 6.22. The van der Waals surface area contributed by atoms with Gasteiger partial charge in [0.15, 0.2) is 0 Å². The van der Waals surface area contributed by atoms with E-state index in [0.29, 0.717) is 0 Å². The summed E-state index contributed by atoms with van der Waals surface area (Å²) in [6.45, 7) is 0. The lowest BCUT2D eigenvalue weighted by Crippen LogP contribution is -1.93. The smallest absolute Gasteiger partial charge is 0.0724 e. The molecule has 0 aliphatic rings. The van der Waals surface area contributed by atoms with Crippen LogP contribution in [-0.4, -0.2) is 9.55 Å². The Balaban J connectivity index is 1.21. The van der Waals surface area contributed by atoms with E-state index in [2.05, 4.69) is 179 Å². The van der Waals surface area contributed by atoms with Gasteiger partial charge in [-0.05, 0) is 108 Å². The molecule has 0 saturated heterocycles. The third-order valence-corrected chi connectivity index (χ3v) is 10.0. The van der Waals surface area contributed by atoms with Gasteiger partial charge in [-0.2, -0.15) is 0 Å². The molecule has 2 nitrogen and oxygen atoms in total. The minimum absolute atomic E-state index is 1.11. The van der Waals surface area contributed by atoms with E-state index in [-0.39, 0.29) is 0 Å². The lowest BCUT2D eigenvalue weighted by Gasteiger charge is -2.18. The number of aromatic nitrogens is 2. The first-order valence-electron chi connectivity index (χ1n) is 16.8. The molecule has 228 valence electrons. The zero-order valence-electron chi connectivity index (χ0n) is 26.7. The molecule has 0 amide bonds. The number of hydrogen-bond acceptors (Lipinski definition) is 1. The molecule has 0 unspecified atom stereocenters. The molecule has 0 bridgehead atoms. The van der Waals surface area contributed by atoms with Crippen LogP contribution >= 0.6 is 0 Å². The van der Waals surface area contributed by atoms with Crippen molar-refractivity contribution in [2.24, 2.45) is 0 Å². The van der Waals surface area contributed by atoms with Gasteiger partial charge in [0, 0.05) is 22.7 Å². The summed E-state index contributed by atoms with van der Waals surface area (Å²) < 4.78 is 2.32. The molecule has 0 fully saturated rings. The molecule has 0 aliphatic carbocycles. The van der Waals surface area contributed by atoms with E-state index < -0.39 is 0 Å². The Kier molecular flexibility index (Phi) is 6.22. The number of benzene rings is 8. The van der Waals surface area contributed by atoms with Crippen molar-refractivity contribution in [2.45, 2.75) is 0 Å². The van der Waals surface area contributed by atoms with Crippen molar-refractivity contribution in [2.75, 3.05) is 0 Å². The molecule has 2 heterocycles. The minimum Gasteiger partial charge on any atom is -0.308 e. The Morgan fingerprint density at radius 2 is 0.939 bits per heavy atom. The van der Waals surface area contributed by atoms with Gasteiger partial charge in [0.05, 0.1) is 17.2 Å². The fourth-order valence-corrected chi connectivity index (χ4v) is 7.85. The Morgan fingerprint density at radius 1 is 0.347 bits per heavy atom. The molecule has 0 spiro atoms. The highest BCUT2D eigenvalue weighted by Gasteiger charge is 2.19. The molecule has 8 aromatic carbocycles. The molecule has 0 saturated carbocycles. The van der Waals surface area contributed by atoms with Crippen LogP contribution in [0.5, 0.6) is 0 Å². The SMILES string of the molecule is c1ccc(-n2c3ccc(-c4c5ccccc5c(-c5cccc(-c6ccc7ccccc7c6)c5)c5ccccc45)cc3c3ccncc32)cc1. The molecule has 2 aromatic heterocycles. The van der Waals surface area contributed by atoms with Crippen LogP contribution in [0.4, 0.5) is 0 Å². The van der Waals surface area contributed by atoms with E-state index in [1.54, 1.807) is 0 Å². The molecule has 10 aromatic rings. The summed E-state index contributed by atoms with van der Waals surface area (Å²) in [7, 11) is 0. The van der Waals surface area contributed by atoms with Crippen LogP contribution in [-0.2, 0) is 0 Å². The van der Waals surface area contributed by atoms with E-state index in [1.807, 2.05) is 12.4 Å². The first-order chi connectivity index (χ1) is 24.3. The highest BCUT2D eigenvalue weighted by Crippen LogP contribution is 2.45. The molecule has 0 N–H and O–H groups in total. The molecule has 49 heavy (non-hydrogen) atoms. The van der Waals surface area contributed by atoms with Gasteiger partial charge in [-0.3, -0.25) is 4.98 Å². The van der Waals surface area contributed by atoms with Crippen molar-refractivity contribution in [3.05, 3.63) is 182 Å². The second-order valence-corrected chi connectivity index (χ2v) is 12.8. The van der Waals surface area contributed by atoms with Crippen molar-refractivity contribution in [1.82, 2.24) is 9.55 Å². The van der Waals surface area contributed by atoms with Crippen LogP contribution in [0.2, 0.25) is 0 Å². The summed E-state index contributed by atoms with van der Waals surface area (Å²) in [5.74, 6) is 0. The van der Waals surface area contributed by atoms with Gasteiger partial charge in [0.1, 0.15) is 0 Å². The largest absolute Gasteiger partial charge is 0.308 e. The summed E-state index contributed by atoms with van der Waals surface area (Å²) in [6.07, 6.45) is 3.88. The zero-order chi connectivity index (χ0) is 32.3. The number of fused-ring (bicyclic) bond motifs is 6. The Hall–Kier alpha value is -6.51. The van der Waals surface area contributed by atoms with E-state index in [4.69, 9.17) is 0 Å². The van der Waals surface area contributed by atoms with E-state index >= 15 is 0 Å². The van der Waals surface area contributed by atoms with Gasteiger partial charge in [-0.25, -0.2) is 0 Å². The summed E-state index contributed by atoms with van der Waals surface area (Å²) in [5.41, 5.74) is 10.8. The van der Waals surface area contributed by atoms with Crippen molar-refractivity contribution >= 4 is 54.1 Å². The van der Waals surface area contributed by atoms with Crippen LogP contribution in [0.25, 0.3) is 93.2 Å². The third-order valence-electron chi connectivity index (χ3n) is 10.0. The normalized spacial score (nSPS) is 11.7. The maximum Gasteiger partial charge on any atom is 0.0724 e. The summed E-state index contributed by atoms with van der Waals surface area (Å²) >= 11 is 0. The molecule has 0 atom stereocenters. The van der Waals surface area contributed by atoms with E-state index in [1.165, 1.54) is 82.0 Å². The maximum atomic E-state index is 4.51.